The van der Waals surface area contributed by atoms with Crippen molar-refractivity contribution in [1.29, 1.82) is 0 Å². The smallest absolute Gasteiger partial charge is 0.218 e. The Kier molecular flexibility index (Phi) is 7.25. The molecule has 1 aromatic heterocycles. The van der Waals surface area contributed by atoms with E-state index in [-0.39, 0.29) is 11.7 Å². The third-order valence-corrected chi connectivity index (χ3v) is 3.99. The van der Waals surface area contributed by atoms with Crippen LogP contribution in [0.1, 0.15) is 31.1 Å². The topological polar surface area (TPSA) is 79.4 Å². The van der Waals surface area contributed by atoms with Crippen molar-refractivity contribution in [2.75, 3.05) is 6.61 Å². The van der Waals surface area contributed by atoms with Gasteiger partial charge >= 0.3 is 0 Å². The van der Waals surface area contributed by atoms with E-state index in [0.717, 1.165) is 5.19 Å². The highest BCUT2D eigenvalue weighted by Gasteiger charge is 2.08. The Morgan fingerprint density at radius 3 is 2.81 bits per heavy atom. The number of azo groups is 1. The van der Waals surface area contributed by atoms with Crippen LogP contribution in [0.15, 0.2) is 57.8 Å². The van der Waals surface area contributed by atoms with Crippen LogP contribution in [0, 0.1) is 0 Å². The van der Waals surface area contributed by atoms with Gasteiger partial charge in [-0.3, -0.25) is 0 Å². The lowest BCUT2D eigenvalue weighted by molar-refractivity contribution is 0.110. The normalized spacial score (nSPS) is 12.3. The minimum atomic E-state index is -1.15. The van der Waals surface area contributed by atoms with Crippen molar-refractivity contribution in [3.63, 3.8) is 0 Å². The lowest BCUT2D eigenvalue weighted by atomic mass is 10.0. The lowest BCUT2D eigenvalue weighted by Gasteiger charge is -2.13. The molecular weight excluding hydrogens is 366 g/mol. The van der Waals surface area contributed by atoms with Gasteiger partial charge in [-0.15, -0.1) is 5.11 Å². The number of hydrogen-bond donors (Lipinski definition) is 2. The molecule has 2 aromatic rings. The Balaban J connectivity index is 1.82. The van der Waals surface area contributed by atoms with E-state index in [1.165, 1.54) is 11.8 Å². The van der Waals surface area contributed by atoms with E-state index in [0.29, 0.717) is 23.1 Å². The van der Waals surface area contributed by atoms with Gasteiger partial charge in [-0.25, -0.2) is 0 Å². The largest absolute Gasteiger partial charge is 0.489 e. The number of benzene rings is 1. The summed E-state index contributed by atoms with van der Waals surface area (Å²) >= 11 is 5.03. The Hall–Kier alpha value is -2.29. The maximum atomic E-state index is 9.88. The van der Waals surface area contributed by atoms with Crippen molar-refractivity contribution in [2.45, 2.75) is 26.0 Å². The number of aliphatic hydroxyl groups excluding tert-OH is 1. The van der Waals surface area contributed by atoms with Crippen LogP contribution in [0.5, 0.6) is 5.75 Å². The molecule has 1 unspecified atom stereocenters. The van der Waals surface area contributed by atoms with Gasteiger partial charge in [0.05, 0.1) is 22.2 Å². The summed E-state index contributed by atoms with van der Waals surface area (Å²) in [5.74, 6) is 1.58. The number of nitrogens with one attached hydrogen (secondary N) is 1. The summed E-state index contributed by atoms with van der Waals surface area (Å²) < 4.78 is 10.7. The molecule has 0 spiro atoms. The molecule has 0 bridgehead atoms. The van der Waals surface area contributed by atoms with E-state index in [2.05, 4.69) is 46.2 Å². The van der Waals surface area contributed by atoms with Gasteiger partial charge in [-0.1, -0.05) is 32.6 Å². The molecule has 0 aliphatic heterocycles. The zero-order valence-electron chi connectivity index (χ0n) is 14.6. The first-order valence-corrected chi connectivity index (χ1v) is 8.88. The predicted octanol–water partition coefficient (Wildman–Crippen LogP) is 2.89. The highest BCUT2D eigenvalue weighted by Crippen LogP contribution is 2.16. The van der Waals surface area contributed by atoms with Gasteiger partial charge in [0, 0.05) is 0 Å². The molecular formula is C18H20N3O3SSi. The Morgan fingerprint density at radius 1 is 1.42 bits per heavy atom. The van der Waals surface area contributed by atoms with Crippen LogP contribution in [-0.2, 0) is 0 Å². The summed E-state index contributed by atoms with van der Waals surface area (Å²) in [6, 6.07) is 9.29. The molecule has 0 fully saturated rings. The first-order chi connectivity index (χ1) is 12.4. The van der Waals surface area contributed by atoms with Gasteiger partial charge < -0.3 is 19.6 Å². The quantitative estimate of drug-likeness (QED) is 0.435. The third-order valence-electron chi connectivity index (χ3n) is 3.42. The summed E-state index contributed by atoms with van der Waals surface area (Å²) in [5.41, 5.74) is 1.65. The molecule has 1 aromatic carbocycles. The number of hydrogen-bond acceptors (Lipinski definition) is 5. The summed E-state index contributed by atoms with van der Waals surface area (Å²) in [4.78, 5) is 0. The first kappa shape index (κ1) is 20.0. The molecule has 2 N–H and O–H groups in total. The second kappa shape index (κ2) is 9.42. The molecule has 0 saturated carbocycles. The molecule has 3 radical (unpaired) electrons. The Labute approximate surface area is 161 Å². The fourth-order valence-corrected chi connectivity index (χ4v) is 2.51. The highest BCUT2D eigenvalue weighted by molar-refractivity contribution is 7.80. The number of nitrogens with zero attached hydrogens (tertiary/aromatic N) is 2. The molecule has 2 rings (SSSR count). The molecule has 1 atom stereocenters. The van der Waals surface area contributed by atoms with Crippen LogP contribution >= 0.6 is 12.2 Å². The summed E-state index contributed by atoms with van der Waals surface area (Å²) in [6.07, 6.45) is 0.377. The SMILES string of the molecule is C=C(NC(=S)N=NC(O)COc1ccc(C(C)C)cc1[Si])c1ccco1. The summed E-state index contributed by atoms with van der Waals surface area (Å²) in [5, 5.41) is 21.0. The first-order valence-electron chi connectivity index (χ1n) is 7.98. The molecule has 0 aliphatic rings. The van der Waals surface area contributed by atoms with E-state index in [1.807, 2.05) is 18.2 Å². The van der Waals surface area contributed by atoms with E-state index < -0.39 is 6.23 Å². The van der Waals surface area contributed by atoms with E-state index >= 15 is 0 Å². The summed E-state index contributed by atoms with van der Waals surface area (Å²) in [7, 11) is 3.52. The predicted molar refractivity (Wildman–Crippen MR) is 106 cm³/mol. The second-order valence-corrected chi connectivity index (χ2v) is 6.73. The maximum absolute atomic E-state index is 9.88. The molecule has 135 valence electrons. The van der Waals surface area contributed by atoms with Gasteiger partial charge in [0.15, 0.2) is 0 Å². The molecule has 6 nitrogen and oxygen atoms in total. The van der Waals surface area contributed by atoms with Crippen LogP contribution in [0.2, 0.25) is 0 Å². The molecule has 0 amide bonds. The van der Waals surface area contributed by atoms with Gasteiger partial charge in [-0.2, -0.15) is 5.11 Å². The third kappa shape index (κ3) is 5.90. The molecule has 0 aliphatic carbocycles. The van der Waals surface area contributed by atoms with Crippen LogP contribution in [0.3, 0.4) is 0 Å². The number of furan rings is 1. The zero-order valence-corrected chi connectivity index (χ0v) is 16.4. The number of thiocarbonyl (C=S) groups is 1. The fraction of sp³-hybridized carbons (Fsp3) is 0.278. The van der Waals surface area contributed by atoms with Crippen molar-refractivity contribution in [3.05, 3.63) is 54.5 Å². The van der Waals surface area contributed by atoms with Gasteiger partial charge in [0.1, 0.15) is 18.1 Å². The van der Waals surface area contributed by atoms with Crippen LogP contribution in [0.4, 0.5) is 0 Å². The van der Waals surface area contributed by atoms with Crippen LogP contribution in [-0.4, -0.2) is 33.3 Å². The molecule has 26 heavy (non-hydrogen) atoms. The van der Waals surface area contributed by atoms with Crippen molar-refractivity contribution in [3.8, 4) is 5.75 Å². The van der Waals surface area contributed by atoms with E-state index in [1.54, 1.807) is 12.1 Å². The van der Waals surface area contributed by atoms with E-state index in [4.69, 9.17) is 21.4 Å². The zero-order chi connectivity index (χ0) is 19.1. The number of rotatable bonds is 7. The van der Waals surface area contributed by atoms with Crippen molar-refractivity contribution in [2.24, 2.45) is 10.2 Å². The fourth-order valence-electron chi connectivity index (χ4n) is 2.02. The molecule has 1 heterocycles. The van der Waals surface area contributed by atoms with E-state index in [9.17, 15) is 5.11 Å². The Morgan fingerprint density at radius 2 is 2.19 bits per heavy atom. The monoisotopic (exact) mass is 386 g/mol. The average molecular weight is 387 g/mol. The highest BCUT2D eigenvalue weighted by atomic mass is 32.1. The van der Waals surface area contributed by atoms with Gasteiger partial charge in [-0.05, 0) is 47.1 Å². The van der Waals surface area contributed by atoms with Gasteiger partial charge in [0.25, 0.3) is 0 Å². The van der Waals surface area contributed by atoms with Crippen LogP contribution in [0.25, 0.3) is 5.70 Å². The minimum Gasteiger partial charge on any atom is -0.489 e. The van der Waals surface area contributed by atoms with Gasteiger partial charge in [0.2, 0.25) is 11.3 Å². The second-order valence-electron chi connectivity index (χ2n) is 5.80. The molecule has 0 saturated heterocycles. The Bertz CT molecular complexity index is 791. The lowest BCUT2D eigenvalue weighted by Crippen LogP contribution is -2.20. The summed E-state index contributed by atoms with van der Waals surface area (Å²) in [6.45, 7) is 7.96. The molecule has 8 heteroatoms. The average Bonchev–Trinajstić information content (AvgIpc) is 3.13. The van der Waals surface area contributed by atoms with Crippen LogP contribution < -0.4 is 15.2 Å². The standard InChI is InChI=1S/C18H20N3O3SSi/c1-11(2)13-6-7-15(16(26)9-13)24-10-17(22)20-21-18(25)19-12(3)14-5-4-8-23-14/h4-9,11,17,22H,3,10H2,1-2H3,(H,19,25). The van der Waals surface area contributed by atoms with Crippen molar-refractivity contribution in [1.82, 2.24) is 5.32 Å². The maximum Gasteiger partial charge on any atom is 0.218 e. The van der Waals surface area contributed by atoms with Crippen molar-refractivity contribution < 1.29 is 14.3 Å². The number of aliphatic hydroxyl groups is 1. The number of ether oxygens (including phenoxy) is 1. The van der Waals surface area contributed by atoms with Crippen molar-refractivity contribution >= 4 is 38.5 Å². The minimum absolute atomic E-state index is 0.0518.